The number of guanidine groups is 1. The van der Waals surface area contributed by atoms with E-state index < -0.39 is 5.60 Å². The number of aromatic nitrogens is 3. The second-order valence-electron chi connectivity index (χ2n) is 8.57. The maximum atomic E-state index is 12.3. The van der Waals surface area contributed by atoms with Gasteiger partial charge in [-0.3, -0.25) is 9.79 Å². The summed E-state index contributed by atoms with van der Waals surface area (Å²) in [4.78, 5) is 18.9. The van der Waals surface area contributed by atoms with Crippen LogP contribution in [-0.4, -0.2) is 63.9 Å². The Kier molecular flexibility index (Phi) is 7.69. The molecule has 0 saturated carbocycles. The summed E-state index contributed by atoms with van der Waals surface area (Å²) >= 11 is 0. The first-order chi connectivity index (χ1) is 12.8. The molecule has 28 heavy (non-hydrogen) atoms. The molecule has 3 rings (SSSR count). The molecule has 2 aliphatic heterocycles. The van der Waals surface area contributed by atoms with E-state index in [2.05, 4.69) is 30.0 Å². The van der Waals surface area contributed by atoms with Gasteiger partial charge in [-0.15, -0.1) is 34.2 Å². The van der Waals surface area contributed by atoms with Gasteiger partial charge in [-0.25, -0.2) is 0 Å². The minimum Gasteiger partial charge on any atom is -0.460 e. The zero-order chi connectivity index (χ0) is 19.6. The molecule has 1 N–H and O–H groups in total. The van der Waals surface area contributed by atoms with Crippen molar-refractivity contribution >= 4 is 35.9 Å². The second-order valence-corrected chi connectivity index (χ2v) is 8.57. The summed E-state index contributed by atoms with van der Waals surface area (Å²) in [5.41, 5.74) is -0.440. The maximum absolute atomic E-state index is 12.3. The summed E-state index contributed by atoms with van der Waals surface area (Å²) in [7, 11) is 1.80. The van der Waals surface area contributed by atoms with Crippen LogP contribution in [-0.2, 0) is 22.5 Å². The lowest BCUT2D eigenvalue weighted by molar-refractivity contribution is -0.159. The van der Waals surface area contributed by atoms with Crippen molar-refractivity contribution in [2.75, 3.05) is 26.7 Å². The molecular weight excluding hydrogens is 471 g/mol. The Morgan fingerprint density at radius 2 is 2.04 bits per heavy atom. The number of rotatable bonds is 3. The Morgan fingerprint density at radius 3 is 2.71 bits per heavy atom. The van der Waals surface area contributed by atoms with Crippen LogP contribution in [0.4, 0.5) is 0 Å². The number of likely N-dealkylation sites (tertiary alicyclic amines) is 1. The highest BCUT2D eigenvalue weighted by Crippen LogP contribution is 2.22. The van der Waals surface area contributed by atoms with E-state index in [1.807, 2.05) is 27.7 Å². The predicted octanol–water partition coefficient (Wildman–Crippen LogP) is 2.01. The van der Waals surface area contributed by atoms with Crippen LogP contribution in [0.1, 0.15) is 45.3 Å². The number of halogens is 1. The van der Waals surface area contributed by atoms with E-state index in [4.69, 9.17) is 4.74 Å². The highest BCUT2D eigenvalue weighted by molar-refractivity contribution is 14.0. The van der Waals surface area contributed by atoms with E-state index in [-0.39, 0.29) is 35.9 Å². The van der Waals surface area contributed by atoms with Crippen LogP contribution >= 0.6 is 24.0 Å². The summed E-state index contributed by atoms with van der Waals surface area (Å²) in [6, 6.07) is 0. The fourth-order valence-electron chi connectivity index (χ4n) is 3.79. The number of aryl methyl sites for hydroxylation is 2. The van der Waals surface area contributed by atoms with Crippen LogP contribution in [0.5, 0.6) is 0 Å². The minimum atomic E-state index is -0.440. The van der Waals surface area contributed by atoms with E-state index in [1.165, 1.54) is 0 Å². The monoisotopic (exact) mass is 504 g/mol. The van der Waals surface area contributed by atoms with Gasteiger partial charge < -0.3 is 19.5 Å². The summed E-state index contributed by atoms with van der Waals surface area (Å²) in [6.45, 7) is 11.0. The van der Waals surface area contributed by atoms with Gasteiger partial charge in [-0.2, -0.15) is 0 Å². The second kappa shape index (κ2) is 9.41. The summed E-state index contributed by atoms with van der Waals surface area (Å²) < 4.78 is 7.75. The third kappa shape index (κ3) is 5.57. The molecule has 0 radical (unpaired) electrons. The zero-order valence-corrected chi connectivity index (χ0v) is 19.9. The number of carbonyl (C=O) groups excluding carboxylic acids is 1. The van der Waals surface area contributed by atoms with E-state index in [1.54, 1.807) is 7.05 Å². The van der Waals surface area contributed by atoms with Gasteiger partial charge in [0.05, 0.1) is 5.92 Å². The lowest BCUT2D eigenvalue weighted by Gasteiger charge is -2.27. The lowest BCUT2D eigenvalue weighted by atomic mass is 9.99. The summed E-state index contributed by atoms with van der Waals surface area (Å²) in [5, 5.41) is 11.9. The smallest absolute Gasteiger partial charge is 0.311 e. The number of fused-ring (bicyclic) bond motifs is 1. The molecule has 0 amide bonds. The number of hydrogen-bond donors (Lipinski definition) is 1. The molecule has 1 fully saturated rings. The molecule has 0 bridgehead atoms. The van der Waals surface area contributed by atoms with Crippen molar-refractivity contribution in [1.29, 1.82) is 0 Å². The number of ether oxygens (including phenoxy) is 1. The van der Waals surface area contributed by atoms with Crippen LogP contribution in [0.25, 0.3) is 0 Å². The van der Waals surface area contributed by atoms with Crippen LogP contribution in [0.3, 0.4) is 0 Å². The highest BCUT2D eigenvalue weighted by atomic mass is 127. The van der Waals surface area contributed by atoms with Gasteiger partial charge in [-0.1, -0.05) is 0 Å². The molecule has 1 saturated heterocycles. The Morgan fingerprint density at radius 1 is 1.29 bits per heavy atom. The first kappa shape index (κ1) is 22.9. The van der Waals surface area contributed by atoms with E-state index in [0.29, 0.717) is 12.5 Å². The highest BCUT2D eigenvalue weighted by Gasteiger charge is 2.33. The fraction of sp³-hybridized carbons (Fsp3) is 0.789. The SMILES string of the molecule is CN=C(NCC1CCc2nnc(C)n2C1)N1CCC(C(=O)OC(C)(C)C)C1.I. The normalized spacial score (nSPS) is 22.5. The third-order valence-corrected chi connectivity index (χ3v) is 5.22. The Balaban J connectivity index is 0.00000280. The van der Waals surface area contributed by atoms with E-state index in [0.717, 1.165) is 56.5 Å². The maximum Gasteiger partial charge on any atom is 0.311 e. The molecule has 158 valence electrons. The standard InChI is InChI=1S/C19H32N6O2.HI/c1-13-22-23-16-7-6-14(11-25(13)16)10-21-18(20-5)24-9-8-15(12-24)17(26)27-19(2,3)4;/h14-15H,6-12H2,1-5H3,(H,20,21);1H. The molecule has 0 spiro atoms. The third-order valence-electron chi connectivity index (χ3n) is 5.22. The van der Waals surface area contributed by atoms with Gasteiger partial charge in [0.1, 0.15) is 17.2 Å². The van der Waals surface area contributed by atoms with Crippen LogP contribution in [0.2, 0.25) is 0 Å². The quantitative estimate of drug-likeness (QED) is 0.294. The molecule has 2 aliphatic rings. The largest absolute Gasteiger partial charge is 0.460 e. The van der Waals surface area contributed by atoms with Gasteiger partial charge in [0.25, 0.3) is 0 Å². The molecule has 2 atom stereocenters. The molecule has 9 heteroatoms. The van der Waals surface area contributed by atoms with Gasteiger partial charge in [-0.05, 0) is 46.5 Å². The predicted molar refractivity (Wildman–Crippen MR) is 119 cm³/mol. The van der Waals surface area contributed by atoms with Crippen molar-refractivity contribution < 1.29 is 9.53 Å². The van der Waals surface area contributed by atoms with Crippen molar-refractivity contribution in [1.82, 2.24) is 25.0 Å². The average Bonchev–Trinajstić information content (AvgIpc) is 3.22. The molecule has 0 aromatic carbocycles. The number of hydrogen-bond acceptors (Lipinski definition) is 5. The van der Waals surface area contributed by atoms with Crippen molar-refractivity contribution in [3.05, 3.63) is 11.6 Å². The zero-order valence-electron chi connectivity index (χ0n) is 17.6. The lowest BCUT2D eigenvalue weighted by Crippen LogP contribution is -2.43. The number of esters is 1. The van der Waals surface area contributed by atoms with Crippen molar-refractivity contribution in [3.8, 4) is 0 Å². The first-order valence-electron chi connectivity index (χ1n) is 9.84. The molecule has 2 unspecified atom stereocenters. The molecule has 1 aromatic rings. The molecular formula is C19H33IN6O2. The Bertz CT molecular complexity index is 712. The molecule has 3 heterocycles. The minimum absolute atomic E-state index is 0. The van der Waals surface area contributed by atoms with Gasteiger partial charge in [0, 0.05) is 39.6 Å². The van der Waals surface area contributed by atoms with Crippen molar-refractivity contribution in [2.45, 2.75) is 59.1 Å². The molecule has 8 nitrogen and oxygen atoms in total. The molecule has 1 aromatic heterocycles. The van der Waals surface area contributed by atoms with Crippen molar-refractivity contribution in [2.24, 2.45) is 16.8 Å². The first-order valence-corrected chi connectivity index (χ1v) is 9.84. The Hall–Kier alpha value is -1.39. The number of aliphatic imine (C=N–C) groups is 1. The van der Waals surface area contributed by atoms with Crippen LogP contribution in [0.15, 0.2) is 4.99 Å². The van der Waals surface area contributed by atoms with Gasteiger partial charge in [0.15, 0.2) is 5.96 Å². The van der Waals surface area contributed by atoms with Gasteiger partial charge in [0.2, 0.25) is 0 Å². The number of nitrogens with one attached hydrogen (secondary N) is 1. The Labute approximate surface area is 184 Å². The van der Waals surface area contributed by atoms with E-state index in [9.17, 15) is 4.79 Å². The number of nitrogens with zero attached hydrogens (tertiary/aromatic N) is 5. The summed E-state index contributed by atoms with van der Waals surface area (Å²) in [6.07, 6.45) is 2.88. The van der Waals surface area contributed by atoms with Crippen LogP contribution in [0, 0.1) is 18.8 Å². The molecule has 0 aliphatic carbocycles. The van der Waals surface area contributed by atoms with Crippen molar-refractivity contribution in [3.63, 3.8) is 0 Å². The average molecular weight is 504 g/mol. The number of carbonyl (C=O) groups is 1. The van der Waals surface area contributed by atoms with E-state index >= 15 is 0 Å². The van der Waals surface area contributed by atoms with Gasteiger partial charge >= 0.3 is 5.97 Å². The topological polar surface area (TPSA) is 84.6 Å². The summed E-state index contributed by atoms with van der Waals surface area (Å²) in [5.74, 6) is 3.27. The fourth-order valence-corrected chi connectivity index (χ4v) is 3.79. The van der Waals surface area contributed by atoms with Crippen LogP contribution < -0.4 is 5.32 Å².